The predicted molar refractivity (Wildman–Crippen MR) is 128 cm³/mol. The van der Waals surface area contributed by atoms with Crippen molar-refractivity contribution in [3.8, 4) is 11.5 Å². The normalized spacial score (nSPS) is 15.4. The van der Waals surface area contributed by atoms with Crippen LogP contribution in [0.15, 0.2) is 71.6 Å². The quantitative estimate of drug-likeness (QED) is 0.586. The van der Waals surface area contributed by atoms with Gasteiger partial charge in [-0.15, -0.1) is 0 Å². The van der Waals surface area contributed by atoms with Crippen LogP contribution < -0.4 is 19.1 Å². The second-order valence-corrected chi connectivity index (χ2v) is 9.71. The number of amides is 1. The highest BCUT2D eigenvalue weighted by Crippen LogP contribution is 2.38. The van der Waals surface area contributed by atoms with Gasteiger partial charge in [0, 0.05) is 0 Å². The summed E-state index contributed by atoms with van der Waals surface area (Å²) in [6, 6.07) is 19.0. The number of hydrogen-bond donors (Lipinski definition) is 1. The molecule has 1 aliphatic rings. The summed E-state index contributed by atoms with van der Waals surface area (Å²) in [6.45, 7) is 5.91. The lowest BCUT2D eigenvalue weighted by atomic mass is 10.1. The molecule has 3 aromatic rings. The van der Waals surface area contributed by atoms with Gasteiger partial charge in [0.05, 0.1) is 29.4 Å². The monoisotopic (exact) mass is 466 g/mol. The Morgan fingerprint density at radius 2 is 1.76 bits per heavy atom. The molecule has 7 nitrogen and oxygen atoms in total. The van der Waals surface area contributed by atoms with E-state index in [0.717, 1.165) is 11.1 Å². The Morgan fingerprint density at radius 3 is 2.48 bits per heavy atom. The number of rotatable bonds is 6. The third kappa shape index (κ3) is 4.66. The van der Waals surface area contributed by atoms with Gasteiger partial charge in [-0.2, -0.15) is 0 Å². The van der Waals surface area contributed by atoms with Crippen molar-refractivity contribution < 1.29 is 22.7 Å². The molecule has 0 aromatic heterocycles. The Bertz CT molecular complexity index is 1270. The maximum atomic E-state index is 13.6. The molecule has 1 amide bonds. The van der Waals surface area contributed by atoms with Crippen molar-refractivity contribution >= 4 is 27.3 Å². The fourth-order valence-electron chi connectivity index (χ4n) is 3.63. The van der Waals surface area contributed by atoms with Crippen LogP contribution >= 0.6 is 0 Å². The first-order valence-corrected chi connectivity index (χ1v) is 12.1. The van der Waals surface area contributed by atoms with E-state index in [1.54, 1.807) is 54.6 Å². The number of aryl methyl sites for hydroxylation is 2. The van der Waals surface area contributed by atoms with Gasteiger partial charge in [-0.05, 0) is 62.7 Å². The van der Waals surface area contributed by atoms with Crippen LogP contribution in [-0.2, 0) is 14.8 Å². The summed E-state index contributed by atoms with van der Waals surface area (Å²) in [5.41, 5.74) is 2.75. The van der Waals surface area contributed by atoms with Crippen LogP contribution in [0.1, 0.15) is 18.1 Å². The summed E-state index contributed by atoms with van der Waals surface area (Å²) in [4.78, 5) is 13.3. The fourth-order valence-corrected chi connectivity index (χ4v) is 5.10. The molecule has 1 atom stereocenters. The fraction of sp³-hybridized carbons (Fsp3) is 0.240. The van der Waals surface area contributed by atoms with Crippen LogP contribution in [-0.4, -0.2) is 33.6 Å². The molecule has 33 heavy (non-hydrogen) atoms. The maximum absolute atomic E-state index is 13.6. The molecule has 1 heterocycles. The van der Waals surface area contributed by atoms with Gasteiger partial charge in [-0.3, -0.25) is 9.10 Å². The van der Waals surface area contributed by atoms with Crippen molar-refractivity contribution in [3.63, 3.8) is 0 Å². The Balaban J connectivity index is 1.68. The third-order valence-corrected chi connectivity index (χ3v) is 7.12. The van der Waals surface area contributed by atoms with Gasteiger partial charge in [-0.25, -0.2) is 8.42 Å². The molecule has 0 radical (unpaired) electrons. The van der Waals surface area contributed by atoms with E-state index >= 15 is 0 Å². The van der Waals surface area contributed by atoms with Crippen LogP contribution in [0.4, 0.5) is 11.4 Å². The third-order valence-electron chi connectivity index (χ3n) is 5.33. The Labute approximate surface area is 194 Å². The first-order chi connectivity index (χ1) is 15.8. The van der Waals surface area contributed by atoms with Gasteiger partial charge < -0.3 is 14.8 Å². The molecule has 3 aromatic carbocycles. The molecule has 172 valence electrons. The van der Waals surface area contributed by atoms with Crippen molar-refractivity contribution in [2.75, 3.05) is 22.8 Å². The van der Waals surface area contributed by atoms with E-state index in [2.05, 4.69) is 5.32 Å². The molecule has 4 rings (SSSR count). The van der Waals surface area contributed by atoms with Gasteiger partial charge in [0.1, 0.15) is 11.5 Å². The molecule has 8 heteroatoms. The number of anilines is 2. The molecule has 0 aliphatic carbocycles. The van der Waals surface area contributed by atoms with Crippen molar-refractivity contribution in [3.05, 3.63) is 77.9 Å². The minimum absolute atomic E-state index is 0.156. The minimum atomic E-state index is -3.92. The lowest BCUT2D eigenvalue weighted by Crippen LogP contribution is -2.48. The van der Waals surface area contributed by atoms with Gasteiger partial charge in [0.15, 0.2) is 6.10 Å². The Morgan fingerprint density at radius 1 is 1.06 bits per heavy atom. The summed E-state index contributed by atoms with van der Waals surface area (Å²) in [7, 11) is -3.92. The summed E-state index contributed by atoms with van der Waals surface area (Å²) in [5, 5.41) is 2.82. The topological polar surface area (TPSA) is 84.9 Å². The standard InChI is InChI=1S/C25H26N2O5S/c1-4-31-22-8-6-5-7-20(22)26-25(28)24-16-27(21-15-18(3)11-14-23(21)32-24)33(29,30)19-12-9-17(2)10-13-19/h5-15,24H,4,16H2,1-3H3,(H,26,28)/t24-/m1/s1. The summed E-state index contributed by atoms with van der Waals surface area (Å²) >= 11 is 0. The molecule has 0 spiro atoms. The maximum Gasteiger partial charge on any atom is 0.267 e. The number of nitrogens with zero attached hydrogens (tertiary/aromatic N) is 1. The van der Waals surface area contributed by atoms with E-state index in [1.165, 1.54) is 4.31 Å². The van der Waals surface area contributed by atoms with Gasteiger partial charge in [0.25, 0.3) is 15.9 Å². The molecule has 0 saturated heterocycles. The number of para-hydroxylation sites is 2. The number of fused-ring (bicyclic) bond motifs is 1. The van der Waals surface area contributed by atoms with Crippen LogP contribution in [0, 0.1) is 13.8 Å². The van der Waals surface area contributed by atoms with Crippen molar-refractivity contribution in [1.82, 2.24) is 0 Å². The van der Waals surface area contributed by atoms with Gasteiger partial charge in [-0.1, -0.05) is 35.9 Å². The lowest BCUT2D eigenvalue weighted by molar-refractivity contribution is -0.122. The number of benzene rings is 3. The van der Waals surface area contributed by atoms with E-state index < -0.39 is 22.0 Å². The van der Waals surface area contributed by atoms with E-state index in [4.69, 9.17) is 9.47 Å². The van der Waals surface area contributed by atoms with Crippen LogP contribution in [0.25, 0.3) is 0 Å². The number of sulfonamides is 1. The van der Waals surface area contributed by atoms with Crippen LogP contribution in [0.2, 0.25) is 0 Å². The van der Waals surface area contributed by atoms with Gasteiger partial charge in [0.2, 0.25) is 0 Å². The molecule has 0 saturated carbocycles. The molecular weight excluding hydrogens is 440 g/mol. The largest absolute Gasteiger partial charge is 0.492 e. The second kappa shape index (κ2) is 9.15. The highest BCUT2D eigenvalue weighted by atomic mass is 32.2. The van der Waals surface area contributed by atoms with E-state index in [1.807, 2.05) is 32.9 Å². The van der Waals surface area contributed by atoms with Crippen LogP contribution in [0.5, 0.6) is 11.5 Å². The predicted octanol–water partition coefficient (Wildman–Crippen LogP) is 4.30. The van der Waals surface area contributed by atoms with Gasteiger partial charge >= 0.3 is 0 Å². The number of hydrogen-bond acceptors (Lipinski definition) is 5. The summed E-state index contributed by atoms with van der Waals surface area (Å²) in [5.74, 6) is 0.405. The zero-order valence-electron chi connectivity index (χ0n) is 18.7. The van der Waals surface area contributed by atoms with Crippen molar-refractivity contribution in [2.24, 2.45) is 0 Å². The minimum Gasteiger partial charge on any atom is -0.492 e. The first-order valence-electron chi connectivity index (χ1n) is 10.7. The van der Waals surface area contributed by atoms with Crippen LogP contribution in [0.3, 0.4) is 0 Å². The summed E-state index contributed by atoms with van der Waals surface area (Å²) < 4.78 is 39.9. The average molecular weight is 467 g/mol. The molecule has 1 aliphatic heterocycles. The van der Waals surface area contributed by atoms with Crippen molar-refractivity contribution in [1.29, 1.82) is 0 Å². The molecule has 0 unspecified atom stereocenters. The SMILES string of the molecule is CCOc1ccccc1NC(=O)[C@H]1CN(S(=O)(=O)c2ccc(C)cc2)c2cc(C)ccc2O1. The van der Waals surface area contributed by atoms with Crippen molar-refractivity contribution in [2.45, 2.75) is 31.8 Å². The highest BCUT2D eigenvalue weighted by molar-refractivity contribution is 7.92. The molecular formula is C25H26N2O5S. The summed E-state index contributed by atoms with van der Waals surface area (Å²) in [6.07, 6.45) is -1.05. The Hall–Kier alpha value is -3.52. The first kappa shape index (κ1) is 22.7. The smallest absolute Gasteiger partial charge is 0.267 e. The Kier molecular flexibility index (Phi) is 6.29. The number of ether oxygens (including phenoxy) is 2. The molecule has 1 N–H and O–H groups in total. The molecule has 0 fully saturated rings. The highest BCUT2D eigenvalue weighted by Gasteiger charge is 2.37. The molecule has 0 bridgehead atoms. The van der Waals surface area contributed by atoms with E-state index in [-0.39, 0.29) is 11.4 Å². The number of carbonyl (C=O) groups excluding carboxylic acids is 1. The zero-order valence-corrected chi connectivity index (χ0v) is 19.6. The second-order valence-electron chi connectivity index (χ2n) is 7.85. The van der Waals surface area contributed by atoms with E-state index in [0.29, 0.717) is 29.5 Å². The number of carbonyl (C=O) groups is 1. The average Bonchev–Trinajstić information content (AvgIpc) is 2.80. The zero-order chi connectivity index (χ0) is 23.6. The van der Waals surface area contributed by atoms with E-state index in [9.17, 15) is 13.2 Å². The number of nitrogens with one attached hydrogen (secondary N) is 1. The lowest BCUT2D eigenvalue weighted by Gasteiger charge is -2.35.